The number of rotatable bonds is 14. The average Bonchev–Trinajstić information content (AvgIpc) is 2.43. The van der Waals surface area contributed by atoms with Crippen LogP contribution in [0.5, 0.6) is 0 Å². The molecule has 1 heteroatoms. The van der Waals surface area contributed by atoms with Crippen molar-refractivity contribution in [2.75, 3.05) is 19.6 Å². The fourth-order valence-electron chi connectivity index (χ4n) is 2.43. The van der Waals surface area contributed by atoms with Crippen molar-refractivity contribution in [2.45, 2.75) is 85.0 Å². The van der Waals surface area contributed by atoms with E-state index < -0.39 is 0 Å². The van der Waals surface area contributed by atoms with E-state index >= 15 is 0 Å². The summed E-state index contributed by atoms with van der Waals surface area (Å²) in [7, 11) is 0. The molecular formula is C18H37N. The van der Waals surface area contributed by atoms with Crippen LogP contribution in [0.2, 0.25) is 0 Å². The van der Waals surface area contributed by atoms with Gasteiger partial charge in [-0.1, -0.05) is 77.4 Å². The van der Waals surface area contributed by atoms with Crippen LogP contribution < -0.4 is 0 Å². The van der Waals surface area contributed by atoms with Gasteiger partial charge in [0.15, 0.2) is 0 Å². The molecule has 0 unspecified atom stereocenters. The lowest BCUT2D eigenvalue weighted by Gasteiger charge is -2.20. The van der Waals surface area contributed by atoms with E-state index in [1.807, 2.05) is 0 Å². The Morgan fingerprint density at radius 1 is 0.684 bits per heavy atom. The Kier molecular flexibility index (Phi) is 15.5. The minimum atomic E-state index is 1.15. The molecule has 0 rings (SSSR count). The van der Waals surface area contributed by atoms with E-state index in [1.165, 1.54) is 77.3 Å². The maximum Gasteiger partial charge on any atom is 0.0163 e. The van der Waals surface area contributed by atoms with Crippen LogP contribution in [0.15, 0.2) is 12.2 Å². The normalized spacial score (nSPS) is 11.8. The second-order valence-corrected chi connectivity index (χ2v) is 5.70. The van der Waals surface area contributed by atoms with Gasteiger partial charge in [-0.25, -0.2) is 0 Å². The first-order valence-electron chi connectivity index (χ1n) is 8.68. The highest BCUT2D eigenvalue weighted by Crippen LogP contribution is 2.07. The van der Waals surface area contributed by atoms with Crippen LogP contribution in [0.25, 0.3) is 0 Å². The molecule has 0 amide bonds. The highest BCUT2D eigenvalue weighted by atomic mass is 15.1. The zero-order chi connectivity index (χ0) is 14.2. The van der Waals surface area contributed by atoms with Gasteiger partial charge in [0.25, 0.3) is 0 Å². The number of unbranched alkanes of at least 4 members (excludes halogenated alkanes) is 8. The molecule has 19 heavy (non-hydrogen) atoms. The largest absolute Gasteiger partial charge is 0.300 e. The first-order chi connectivity index (χ1) is 9.35. The molecular weight excluding hydrogens is 230 g/mol. The van der Waals surface area contributed by atoms with Gasteiger partial charge >= 0.3 is 0 Å². The molecule has 114 valence electrons. The Labute approximate surface area is 122 Å². The van der Waals surface area contributed by atoms with Crippen LogP contribution in [0.4, 0.5) is 0 Å². The van der Waals surface area contributed by atoms with Gasteiger partial charge in [0.1, 0.15) is 0 Å². The second kappa shape index (κ2) is 15.8. The smallest absolute Gasteiger partial charge is 0.0163 e. The number of nitrogens with zero attached hydrogens (tertiary/aromatic N) is 1. The van der Waals surface area contributed by atoms with Gasteiger partial charge in [-0.2, -0.15) is 0 Å². The van der Waals surface area contributed by atoms with Crippen LogP contribution in [0, 0.1) is 0 Å². The molecule has 0 saturated carbocycles. The summed E-state index contributed by atoms with van der Waals surface area (Å²) in [5.41, 5.74) is 0. The van der Waals surface area contributed by atoms with Crippen molar-refractivity contribution in [2.24, 2.45) is 0 Å². The summed E-state index contributed by atoms with van der Waals surface area (Å²) in [6.45, 7) is 10.4. The summed E-state index contributed by atoms with van der Waals surface area (Å²) >= 11 is 0. The van der Waals surface area contributed by atoms with Crippen LogP contribution in [-0.2, 0) is 0 Å². The molecule has 0 aliphatic rings. The minimum absolute atomic E-state index is 1.15. The van der Waals surface area contributed by atoms with Gasteiger partial charge in [-0.15, -0.1) is 0 Å². The molecule has 0 N–H and O–H groups in total. The third-order valence-electron chi connectivity index (χ3n) is 3.76. The van der Waals surface area contributed by atoms with E-state index in [0.717, 1.165) is 6.54 Å². The highest BCUT2D eigenvalue weighted by Gasteiger charge is 2.02. The lowest BCUT2D eigenvalue weighted by Crippen LogP contribution is -2.26. The van der Waals surface area contributed by atoms with E-state index in [4.69, 9.17) is 0 Å². The fraction of sp³-hybridized carbons (Fsp3) is 0.889. The quantitative estimate of drug-likeness (QED) is 0.284. The molecule has 0 aromatic rings. The van der Waals surface area contributed by atoms with Gasteiger partial charge in [-0.3, -0.25) is 4.90 Å². The Hall–Kier alpha value is -0.300. The van der Waals surface area contributed by atoms with Crippen molar-refractivity contribution < 1.29 is 0 Å². The van der Waals surface area contributed by atoms with E-state index in [1.54, 1.807) is 0 Å². The summed E-state index contributed by atoms with van der Waals surface area (Å²) in [5, 5.41) is 0. The molecule has 0 aromatic carbocycles. The zero-order valence-electron chi connectivity index (χ0n) is 13.8. The third kappa shape index (κ3) is 13.9. The standard InChI is InChI=1S/C18H37N/c1-4-7-10-12-14-17-19(16-9-6-3)18-15-13-11-8-5-2/h6,9H,4-5,7-8,10-18H2,1-3H3/b9-6+. The first kappa shape index (κ1) is 18.7. The summed E-state index contributed by atoms with van der Waals surface area (Å²) in [5.74, 6) is 0. The first-order valence-corrected chi connectivity index (χ1v) is 8.68. The summed E-state index contributed by atoms with van der Waals surface area (Å²) in [6.07, 6.45) is 18.4. The lowest BCUT2D eigenvalue weighted by molar-refractivity contribution is 0.286. The molecule has 0 atom stereocenters. The molecule has 0 aromatic heterocycles. The van der Waals surface area contributed by atoms with Crippen molar-refractivity contribution in [3.05, 3.63) is 12.2 Å². The Morgan fingerprint density at radius 3 is 1.58 bits per heavy atom. The van der Waals surface area contributed by atoms with E-state index in [2.05, 4.69) is 37.8 Å². The fourth-order valence-corrected chi connectivity index (χ4v) is 2.43. The highest BCUT2D eigenvalue weighted by molar-refractivity contribution is 4.81. The topological polar surface area (TPSA) is 3.24 Å². The predicted octanol–water partition coefficient (Wildman–Crippen LogP) is 5.81. The summed E-state index contributed by atoms with van der Waals surface area (Å²) in [6, 6.07) is 0. The summed E-state index contributed by atoms with van der Waals surface area (Å²) < 4.78 is 0. The average molecular weight is 268 g/mol. The molecule has 0 bridgehead atoms. The Balaban J connectivity index is 3.63. The van der Waals surface area contributed by atoms with Crippen molar-refractivity contribution in [1.29, 1.82) is 0 Å². The number of hydrogen-bond acceptors (Lipinski definition) is 1. The van der Waals surface area contributed by atoms with Gasteiger partial charge in [0, 0.05) is 6.54 Å². The molecule has 0 spiro atoms. The molecule has 0 aliphatic carbocycles. The SMILES string of the molecule is C/C=C/CN(CCCCCCC)CCCCCCC. The van der Waals surface area contributed by atoms with Crippen molar-refractivity contribution in [1.82, 2.24) is 4.90 Å². The monoisotopic (exact) mass is 267 g/mol. The molecule has 0 fully saturated rings. The van der Waals surface area contributed by atoms with Crippen LogP contribution in [0.3, 0.4) is 0 Å². The van der Waals surface area contributed by atoms with Crippen molar-refractivity contribution in [3.8, 4) is 0 Å². The van der Waals surface area contributed by atoms with Crippen LogP contribution >= 0.6 is 0 Å². The number of hydrogen-bond donors (Lipinski definition) is 0. The van der Waals surface area contributed by atoms with Crippen LogP contribution in [0.1, 0.15) is 85.0 Å². The summed E-state index contributed by atoms with van der Waals surface area (Å²) in [4.78, 5) is 2.64. The van der Waals surface area contributed by atoms with Gasteiger partial charge in [0.2, 0.25) is 0 Å². The maximum atomic E-state index is 2.64. The van der Waals surface area contributed by atoms with E-state index in [0.29, 0.717) is 0 Å². The van der Waals surface area contributed by atoms with Crippen LogP contribution in [-0.4, -0.2) is 24.5 Å². The zero-order valence-corrected chi connectivity index (χ0v) is 13.8. The minimum Gasteiger partial charge on any atom is -0.300 e. The molecule has 0 radical (unpaired) electrons. The van der Waals surface area contributed by atoms with E-state index in [-0.39, 0.29) is 0 Å². The lowest BCUT2D eigenvalue weighted by atomic mass is 10.1. The molecule has 0 heterocycles. The second-order valence-electron chi connectivity index (χ2n) is 5.70. The van der Waals surface area contributed by atoms with Crippen molar-refractivity contribution in [3.63, 3.8) is 0 Å². The van der Waals surface area contributed by atoms with Gasteiger partial charge < -0.3 is 0 Å². The molecule has 0 saturated heterocycles. The third-order valence-corrected chi connectivity index (χ3v) is 3.76. The Bertz CT molecular complexity index is 172. The van der Waals surface area contributed by atoms with Gasteiger partial charge in [0.05, 0.1) is 0 Å². The van der Waals surface area contributed by atoms with E-state index in [9.17, 15) is 0 Å². The number of allylic oxidation sites excluding steroid dienone is 1. The Morgan fingerprint density at radius 2 is 1.16 bits per heavy atom. The predicted molar refractivity (Wildman–Crippen MR) is 88.8 cm³/mol. The van der Waals surface area contributed by atoms with Gasteiger partial charge in [-0.05, 0) is 32.9 Å². The van der Waals surface area contributed by atoms with Crippen molar-refractivity contribution >= 4 is 0 Å². The molecule has 1 nitrogen and oxygen atoms in total. The molecule has 0 aliphatic heterocycles. The maximum absolute atomic E-state index is 2.64.